The Labute approximate surface area is 183 Å². The van der Waals surface area contributed by atoms with Crippen LogP contribution in [0.2, 0.25) is 0 Å². The van der Waals surface area contributed by atoms with Crippen molar-refractivity contribution in [2.24, 2.45) is 5.73 Å². The van der Waals surface area contributed by atoms with Crippen LogP contribution in [0, 0.1) is 0 Å². The van der Waals surface area contributed by atoms with Gasteiger partial charge in [-0.15, -0.1) is 0 Å². The van der Waals surface area contributed by atoms with E-state index < -0.39 is 0 Å². The number of hydrogen-bond donors (Lipinski definition) is 2. The molecule has 162 valence electrons. The largest absolute Gasteiger partial charge is 0.497 e. The van der Waals surface area contributed by atoms with E-state index >= 15 is 0 Å². The molecule has 0 saturated heterocycles. The zero-order valence-electron chi connectivity index (χ0n) is 17.4. The molecule has 0 aliphatic carbocycles. The molecule has 0 spiro atoms. The van der Waals surface area contributed by atoms with Crippen LogP contribution >= 0.6 is 11.9 Å². The summed E-state index contributed by atoms with van der Waals surface area (Å²) in [6, 6.07) is 9.48. The Bertz CT molecular complexity index is 1190. The maximum absolute atomic E-state index is 5.66. The minimum atomic E-state index is 0.455. The summed E-state index contributed by atoms with van der Waals surface area (Å²) in [5, 5.41) is 9.27. The van der Waals surface area contributed by atoms with Crippen molar-refractivity contribution in [3.8, 4) is 17.2 Å². The van der Waals surface area contributed by atoms with Crippen LogP contribution in [0.3, 0.4) is 0 Å². The van der Waals surface area contributed by atoms with E-state index in [4.69, 9.17) is 24.5 Å². The zero-order valence-corrected chi connectivity index (χ0v) is 18.2. The molecule has 0 bridgehead atoms. The molecule has 0 atom stereocenters. The summed E-state index contributed by atoms with van der Waals surface area (Å²) in [4.78, 5) is 0.879. The van der Waals surface area contributed by atoms with E-state index in [0.29, 0.717) is 36.0 Å². The van der Waals surface area contributed by atoms with E-state index in [1.807, 2.05) is 41.2 Å². The number of hydrogen-bond acceptors (Lipinski definition) is 9. The van der Waals surface area contributed by atoms with Gasteiger partial charge in [0.25, 0.3) is 0 Å². The minimum absolute atomic E-state index is 0.455. The molecular weight excluding hydrogens is 418 g/mol. The molecular formula is C21H23N5O4S. The van der Waals surface area contributed by atoms with Crippen molar-refractivity contribution >= 4 is 28.7 Å². The highest BCUT2D eigenvalue weighted by Gasteiger charge is 2.17. The fourth-order valence-electron chi connectivity index (χ4n) is 3.16. The number of methoxy groups -OCH3 is 3. The summed E-state index contributed by atoms with van der Waals surface area (Å²) >= 11 is 1.36. The van der Waals surface area contributed by atoms with E-state index in [9.17, 15) is 0 Å². The van der Waals surface area contributed by atoms with Crippen LogP contribution in [0.25, 0.3) is 11.0 Å². The second kappa shape index (κ2) is 9.19. The number of nitrogens with zero attached hydrogens (tertiary/aromatic N) is 3. The number of nitrogens with one attached hydrogen (secondary N) is 1. The highest BCUT2D eigenvalue weighted by molar-refractivity contribution is 8.00. The smallest absolute Gasteiger partial charge is 0.191 e. The van der Waals surface area contributed by atoms with Gasteiger partial charge in [0.05, 0.1) is 39.0 Å². The summed E-state index contributed by atoms with van der Waals surface area (Å²) in [6.45, 7) is 1.02. The second-order valence-corrected chi connectivity index (χ2v) is 7.52. The Kier molecular flexibility index (Phi) is 6.19. The third-order valence-electron chi connectivity index (χ3n) is 4.71. The van der Waals surface area contributed by atoms with Gasteiger partial charge in [0.15, 0.2) is 11.4 Å². The number of aromatic nitrogens is 3. The van der Waals surface area contributed by atoms with Gasteiger partial charge in [-0.25, -0.2) is 0 Å². The third kappa shape index (κ3) is 4.39. The fraction of sp³-hybridized carbons (Fsp3) is 0.238. The lowest BCUT2D eigenvalue weighted by molar-refractivity contribution is 0.387. The number of rotatable bonds is 9. The molecule has 0 saturated carbocycles. The summed E-state index contributed by atoms with van der Waals surface area (Å²) in [5.74, 6) is 2.63. The van der Waals surface area contributed by atoms with Crippen LogP contribution in [0.5, 0.6) is 17.2 Å². The molecule has 4 rings (SSSR count). The van der Waals surface area contributed by atoms with Gasteiger partial charge in [-0.1, -0.05) is 5.16 Å². The van der Waals surface area contributed by atoms with Gasteiger partial charge in [-0.2, -0.15) is 5.10 Å². The van der Waals surface area contributed by atoms with E-state index in [0.717, 1.165) is 27.2 Å². The lowest BCUT2D eigenvalue weighted by Gasteiger charge is -2.10. The highest BCUT2D eigenvalue weighted by atomic mass is 32.2. The monoisotopic (exact) mass is 441 g/mol. The van der Waals surface area contributed by atoms with Gasteiger partial charge in [0.2, 0.25) is 0 Å². The lowest BCUT2D eigenvalue weighted by atomic mass is 10.1. The van der Waals surface area contributed by atoms with E-state index in [1.54, 1.807) is 27.5 Å². The molecule has 9 nitrogen and oxygen atoms in total. The van der Waals surface area contributed by atoms with Crippen LogP contribution in [-0.4, -0.2) is 36.3 Å². The van der Waals surface area contributed by atoms with Crippen LogP contribution in [0.4, 0.5) is 5.82 Å². The van der Waals surface area contributed by atoms with Gasteiger partial charge < -0.3 is 29.2 Å². The summed E-state index contributed by atoms with van der Waals surface area (Å²) in [6.07, 6.45) is 3.68. The first kappa shape index (κ1) is 20.9. The average molecular weight is 442 g/mol. The minimum Gasteiger partial charge on any atom is -0.497 e. The fourth-order valence-corrected chi connectivity index (χ4v) is 3.88. The summed E-state index contributed by atoms with van der Waals surface area (Å²) < 4.78 is 26.9. The van der Waals surface area contributed by atoms with Crippen molar-refractivity contribution in [1.82, 2.24) is 14.9 Å². The molecule has 2 aromatic heterocycles. The number of benzene rings is 2. The van der Waals surface area contributed by atoms with Gasteiger partial charge in [0.1, 0.15) is 22.6 Å². The van der Waals surface area contributed by atoms with Crippen molar-refractivity contribution < 1.29 is 18.7 Å². The maximum atomic E-state index is 5.66. The van der Waals surface area contributed by atoms with Crippen LogP contribution in [0.15, 0.2) is 52.1 Å². The van der Waals surface area contributed by atoms with E-state index in [-0.39, 0.29) is 0 Å². The highest BCUT2D eigenvalue weighted by Crippen LogP contribution is 2.38. The Morgan fingerprint density at radius 1 is 1.06 bits per heavy atom. The third-order valence-corrected chi connectivity index (χ3v) is 5.57. The number of fused-ring (bicyclic) bond motifs is 1. The van der Waals surface area contributed by atoms with Gasteiger partial charge >= 0.3 is 0 Å². The van der Waals surface area contributed by atoms with Gasteiger partial charge in [-0.05, 0) is 41.8 Å². The molecule has 0 unspecified atom stereocenters. The average Bonchev–Trinajstić information content (AvgIpc) is 3.43. The maximum Gasteiger partial charge on any atom is 0.191 e. The molecule has 0 amide bonds. The van der Waals surface area contributed by atoms with Gasteiger partial charge in [0, 0.05) is 24.4 Å². The molecule has 0 aliphatic rings. The first-order chi connectivity index (χ1) is 15.1. The van der Waals surface area contributed by atoms with Crippen LogP contribution in [-0.2, 0) is 13.1 Å². The van der Waals surface area contributed by atoms with Crippen molar-refractivity contribution in [2.75, 3.05) is 26.1 Å². The van der Waals surface area contributed by atoms with Crippen molar-refractivity contribution in [1.29, 1.82) is 0 Å². The zero-order chi connectivity index (χ0) is 21.8. The van der Waals surface area contributed by atoms with Crippen LogP contribution in [0.1, 0.15) is 11.1 Å². The molecule has 4 aromatic rings. The number of anilines is 1. The molecule has 0 radical (unpaired) electrons. The predicted molar refractivity (Wildman–Crippen MR) is 119 cm³/mol. The molecule has 0 fully saturated rings. The van der Waals surface area contributed by atoms with Crippen molar-refractivity contribution in [3.05, 3.63) is 53.9 Å². The van der Waals surface area contributed by atoms with Crippen molar-refractivity contribution in [3.63, 3.8) is 0 Å². The molecule has 3 N–H and O–H groups in total. The first-order valence-corrected chi connectivity index (χ1v) is 10.3. The number of nitrogens with two attached hydrogens (primary N) is 1. The standard InChI is InChI=1S/C21H23N5O4S/c1-27-15-4-5-19(16(8-15)28-2)31-25-21-20-17(29-3)6-13(7-18(20)30-24-21)11-26-12-14(9-22)10-23-26/h4-8,10,12H,9,11,22H2,1-3H3,(H,24,25). The Morgan fingerprint density at radius 2 is 1.90 bits per heavy atom. The molecule has 31 heavy (non-hydrogen) atoms. The second-order valence-electron chi connectivity index (χ2n) is 6.67. The Balaban J connectivity index is 1.58. The molecule has 2 aromatic carbocycles. The molecule has 0 aliphatic heterocycles. The van der Waals surface area contributed by atoms with Crippen molar-refractivity contribution in [2.45, 2.75) is 18.0 Å². The summed E-state index contributed by atoms with van der Waals surface area (Å²) in [7, 11) is 4.85. The Hall–Kier alpha value is -3.37. The van der Waals surface area contributed by atoms with Gasteiger partial charge in [-0.3, -0.25) is 4.68 Å². The lowest BCUT2D eigenvalue weighted by Crippen LogP contribution is -2.01. The normalized spacial score (nSPS) is 11.0. The van der Waals surface area contributed by atoms with E-state index in [2.05, 4.69) is 15.0 Å². The Morgan fingerprint density at radius 3 is 2.61 bits per heavy atom. The first-order valence-electron chi connectivity index (χ1n) is 9.47. The van der Waals surface area contributed by atoms with E-state index in [1.165, 1.54) is 11.9 Å². The quantitative estimate of drug-likeness (QED) is 0.376. The topological polar surface area (TPSA) is 110 Å². The summed E-state index contributed by atoms with van der Waals surface area (Å²) in [5.41, 5.74) is 8.23. The number of ether oxygens (including phenoxy) is 3. The SMILES string of the molecule is COc1ccc(SNc2noc3cc(Cn4cc(CN)cn4)cc(OC)c23)c(OC)c1. The predicted octanol–water partition coefficient (Wildman–Crippen LogP) is 3.68. The molecule has 2 heterocycles. The van der Waals surface area contributed by atoms with Crippen LogP contribution < -0.4 is 24.7 Å². The molecule has 10 heteroatoms.